The van der Waals surface area contributed by atoms with Gasteiger partial charge in [0.2, 0.25) is 17.7 Å². The summed E-state index contributed by atoms with van der Waals surface area (Å²) < 4.78 is 0. The van der Waals surface area contributed by atoms with Gasteiger partial charge in [0.25, 0.3) is 0 Å². The number of carbonyl (C=O) groups is 5. The van der Waals surface area contributed by atoms with Crippen molar-refractivity contribution in [3.63, 3.8) is 0 Å². The zero-order valence-electron chi connectivity index (χ0n) is 18.6. The molecule has 0 aromatic carbocycles. The first-order valence-electron chi connectivity index (χ1n) is 10.0. The average Bonchev–Trinajstić information content (AvgIpc) is 2.72. The minimum Gasteiger partial charge on any atom is -0.481 e. The summed E-state index contributed by atoms with van der Waals surface area (Å²) >= 11 is 1.41. The minimum absolute atomic E-state index is 0.108. The molecule has 0 aliphatic rings. The Balaban J connectivity index is 4.98. The predicted octanol–water partition coefficient (Wildman–Crippen LogP) is -2.85. The second-order valence-corrected chi connectivity index (χ2v) is 8.11. The highest BCUT2D eigenvalue weighted by atomic mass is 32.2. The molecule has 0 spiro atoms. The van der Waals surface area contributed by atoms with Crippen molar-refractivity contribution in [1.82, 2.24) is 16.0 Å². The lowest BCUT2D eigenvalue weighted by molar-refractivity contribution is -0.143. The summed E-state index contributed by atoms with van der Waals surface area (Å²) in [5, 5.41) is 25.1. The fourth-order valence-corrected chi connectivity index (χ4v) is 2.95. The van der Waals surface area contributed by atoms with Crippen molar-refractivity contribution < 1.29 is 34.2 Å². The maximum Gasteiger partial charge on any atom is 0.326 e. The van der Waals surface area contributed by atoms with Crippen LogP contribution in [-0.4, -0.2) is 88.6 Å². The smallest absolute Gasteiger partial charge is 0.326 e. The lowest BCUT2D eigenvalue weighted by atomic mass is 10.1. The van der Waals surface area contributed by atoms with Crippen LogP contribution in [0.2, 0.25) is 0 Å². The van der Waals surface area contributed by atoms with Gasteiger partial charge in [0.15, 0.2) is 5.96 Å². The van der Waals surface area contributed by atoms with Gasteiger partial charge in [0.1, 0.15) is 18.1 Å². The third-order valence-corrected chi connectivity index (χ3v) is 4.94. The van der Waals surface area contributed by atoms with Gasteiger partial charge in [-0.3, -0.25) is 24.2 Å². The number of carbonyl (C=O) groups excluding carboxylic acids is 3. The molecule has 11 N–H and O–H groups in total. The van der Waals surface area contributed by atoms with Crippen LogP contribution >= 0.6 is 11.8 Å². The number of thioether (sulfide) groups is 1. The van der Waals surface area contributed by atoms with Gasteiger partial charge in [0, 0.05) is 6.54 Å². The zero-order valence-corrected chi connectivity index (χ0v) is 19.4. The van der Waals surface area contributed by atoms with Gasteiger partial charge < -0.3 is 43.4 Å². The van der Waals surface area contributed by atoms with Crippen LogP contribution in [0.5, 0.6) is 0 Å². The number of nitrogens with zero attached hydrogens (tertiary/aromatic N) is 1. The largest absolute Gasteiger partial charge is 0.481 e. The Bertz CT molecular complexity index is 731. The molecule has 188 valence electrons. The second kappa shape index (κ2) is 15.7. The van der Waals surface area contributed by atoms with Crippen LogP contribution in [0.25, 0.3) is 0 Å². The fourth-order valence-electron chi connectivity index (χ4n) is 2.48. The first kappa shape index (κ1) is 29.9. The van der Waals surface area contributed by atoms with E-state index in [4.69, 9.17) is 22.3 Å². The van der Waals surface area contributed by atoms with E-state index in [0.29, 0.717) is 12.2 Å². The number of aliphatic imine (C=N–C) groups is 1. The molecule has 33 heavy (non-hydrogen) atoms. The van der Waals surface area contributed by atoms with Crippen LogP contribution in [0.1, 0.15) is 32.6 Å². The fraction of sp³-hybridized carbons (Fsp3) is 0.667. The van der Waals surface area contributed by atoms with Crippen LogP contribution in [0.15, 0.2) is 4.99 Å². The number of nitrogens with two attached hydrogens (primary N) is 3. The molecule has 0 aliphatic carbocycles. The molecule has 0 heterocycles. The monoisotopic (exact) mass is 491 g/mol. The molecular weight excluding hydrogens is 458 g/mol. The number of amides is 3. The molecule has 0 saturated carbocycles. The van der Waals surface area contributed by atoms with E-state index in [0.717, 1.165) is 0 Å². The van der Waals surface area contributed by atoms with Crippen molar-refractivity contribution in [3.8, 4) is 0 Å². The van der Waals surface area contributed by atoms with Gasteiger partial charge in [-0.25, -0.2) is 4.79 Å². The lowest BCUT2D eigenvalue weighted by Crippen LogP contribution is -2.56. The standard InChI is InChI=1S/C18H33N7O7S/c1-9(14(28)24-11(17(31)32)5-7-33-2)23-16(30)12(8-13(26)27)25-15(29)10(19)4-3-6-22-18(20)21/h9-12H,3-8,19H2,1-2H3,(H,23,30)(H,24,28)(H,25,29)(H,26,27)(H,31,32)(H4,20,21,22). The van der Waals surface area contributed by atoms with Gasteiger partial charge in [-0.15, -0.1) is 0 Å². The third-order valence-electron chi connectivity index (χ3n) is 4.29. The van der Waals surface area contributed by atoms with Crippen molar-refractivity contribution in [2.24, 2.45) is 22.2 Å². The van der Waals surface area contributed by atoms with Crippen molar-refractivity contribution in [1.29, 1.82) is 0 Å². The maximum atomic E-state index is 12.5. The Hall–Kier alpha value is -3.07. The van der Waals surface area contributed by atoms with Gasteiger partial charge in [-0.2, -0.15) is 11.8 Å². The quantitative estimate of drug-likeness (QED) is 0.0619. The van der Waals surface area contributed by atoms with Crippen molar-refractivity contribution in [3.05, 3.63) is 0 Å². The van der Waals surface area contributed by atoms with Crippen LogP contribution in [0, 0.1) is 0 Å². The first-order chi connectivity index (χ1) is 15.4. The molecule has 3 amide bonds. The van der Waals surface area contributed by atoms with Crippen molar-refractivity contribution in [2.45, 2.75) is 56.8 Å². The molecule has 4 unspecified atom stereocenters. The van der Waals surface area contributed by atoms with Crippen LogP contribution in [0.3, 0.4) is 0 Å². The summed E-state index contributed by atoms with van der Waals surface area (Å²) in [7, 11) is 0. The van der Waals surface area contributed by atoms with Gasteiger partial charge in [-0.05, 0) is 38.2 Å². The number of carboxylic acids is 2. The number of nitrogens with one attached hydrogen (secondary N) is 3. The molecule has 0 fully saturated rings. The van der Waals surface area contributed by atoms with E-state index >= 15 is 0 Å². The molecule has 0 aliphatic heterocycles. The molecule has 0 radical (unpaired) electrons. The number of hydrogen-bond donors (Lipinski definition) is 8. The van der Waals surface area contributed by atoms with Crippen molar-refractivity contribution in [2.75, 3.05) is 18.6 Å². The Morgan fingerprint density at radius 1 is 0.939 bits per heavy atom. The van der Waals surface area contributed by atoms with E-state index in [9.17, 15) is 29.1 Å². The SMILES string of the molecule is CSCCC(NC(=O)C(C)NC(=O)C(CC(=O)O)NC(=O)C(N)CCCN=C(N)N)C(=O)O. The summed E-state index contributed by atoms with van der Waals surface area (Å²) in [4.78, 5) is 63.2. The predicted molar refractivity (Wildman–Crippen MR) is 122 cm³/mol. The summed E-state index contributed by atoms with van der Waals surface area (Å²) in [6, 6.07) is -4.87. The van der Waals surface area contributed by atoms with E-state index in [2.05, 4.69) is 20.9 Å². The van der Waals surface area contributed by atoms with E-state index in [1.165, 1.54) is 18.7 Å². The molecule has 0 saturated heterocycles. The molecule has 0 aromatic rings. The number of hydrogen-bond acceptors (Lipinski definition) is 8. The molecule has 0 bridgehead atoms. The Labute approximate surface area is 195 Å². The summed E-state index contributed by atoms with van der Waals surface area (Å²) in [5.74, 6) is -4.66. The van der Waals surface area contributed by atoms with E-state index in [1.54, 1.807) is 6.26 Å². The topological polar surface area (TPSA) is 252 Å². The Kier molecular flexibility index (Phi) is 14.2. The maximum absolute atomic E-state index is 12.5. The highest BCUT2D eigenvalue weighted by Crippen LogP contribution is 2.03. The van der Waals surface area contributed by atoms with Gasteiger partial charge in [-0.1, -0.05) is 0 Å². The molecular formula is C18H33N7O7S. The van der Waals surface area contributed by atoms with Gasteiger partial charge in [0.05, 0.1) is 12.5 Å². The zero-order chi connectivity index (χ0) is 25.6. The number of carboxylic acid groups (broad SMARTS) is 2. The van der Waals surface area contributed by atoms with Crippen LogP contribution in [0.4, 0.5) is 0 Å². The van der Waals surface area contributed by atoms with Crippen LogP contribution < -0.4 is 33.2 Å². The number of aliphatic carboxylic acids is 2. The highest BCUT2D eigenvalue weighted by molar-refractivity contribution is 7.98. The van der Waals surface area contributed by atoms with E-state index < -0.39 is 60.2 Å². The average molecular weight is 492 g/mol. The summed E-state index contributed by atoms with van der Waals surface area (Å²) in [5.41, 5.74) is 16.2. The normalized spacial score (nSPS) is 14.2. The van der Waals surface area contributed by atoms with Gasteiger partial charge >= 0.3 is 11.9 Å². The second-order valence-electron chi connectivity index (χ2n) is 7.13. The number of rotatable bonds is 16. The van der Waals surface area contributed by atoms with E-state index in [-0.39, 0.29) is 25.3 Å². The molecule has 14 nitrogen and oxygen atoms in total. The highest BCUT2D eigenvalue weighted by Gasteiger charge is 2.29. The minimum atomic E-state index is -1.50. The van der Waals surface area contributed by atoms with Crippen LogP contribution in [-0.2, 0) is 24.0 Å². The summed E-state index contributed by atoms with van der Waals surface area (Å²) in [6.45, 7) is 1.54. The third kappa shape index (κ3) is 13.2. The lowest BCUT2D eigenvalue weighted by Gasteiger charge is -2.22. The molecule has 4 atom stereocenters. The van der Waals surface area contributed by atoms with Crippen molar-refractivity contribution >= 4 is 47.4 Å². The molecule has 0 aromatic heterocycles. The number of guanidine groups is 1. The Morgan fingerprint density at radius 2 is 1.55 bits per heavy atom. The molecule has 0 rings (SSSR count). The van der Waals surface area contributed by atoms with E-state index in [1.807, 2.05) is 0 Å². The summed E-state index contributed by atoms with van der Waals surface area (Å²) in [6.07, 6.45) is 1.77. The molecule has 15 heteroatoms. The first-order valence-corrected chi connectivity index (χ1v) is 11.4. The Morgan fingerprint density at radius 3 is 2.06 bits per heavy atom.